The maximum Gasteiger partial charge on any atom is 0.416 e. The Bertz CT molecular complexity index is 421. The minimum Gasteiger partial charge on any atom is -0.228 e. The molecular weight excluding hydrogens is 262 g/mol. The van der Waals surface area contributed by atoms with Gasteiger partial charge in [0.05, 0.1) is 12.0 Å². The smallest absolute Gasteiger partial charge is 0.228 e. The normalized spacial score (nSPS) is 14.7. The van der Waals surface area contributed by atoms with Crippen molar-refractivity contribution in [3.8, 4) is 0 Å². The number of alkyl halides is 6. The van der Waals surface area contributed by atoms with Gasteiger partial charge in [-0.15, -0.1) is 0 Å². The van der Waals surface area contributed by atoms with Crippen molar-refractivity contribution in [3.63, 3.8) is 0 Å². The molecule has 1 aromatic carbocycles. The standard InChI is InChI=1S/C11H9F6O/c1-6-2-3-7(11(15,16)17)4-8(6)9(18)5-10(12,13)14/h2-4,9H,5H2,1H3. The van der Waals surface area contributed by atoms with Gasteiger partial charge in [-0.05, 0) is 30.2 Å². The summed E-state index contributed by atoms with van der Waals surface area (Å²) in [4.78, 5) is 0. The average Bonchev–Trinajstić information content (AvgIpc) is 2.13. The molecular formula is C11H9F6O. The summed E-state index contributed by atoms with van der Waals surface area (Å²) in [5, 5.41) is 11.4. The molecule has 0 saturated carbocycles. The Morgan fingerprint density at radius 2 is 1.67 bits per heavy atom. The minimum absolute atomic E-state index is 0.118. The Morgan fingerprint density at radius 3 is 2.11 bits per heavy atom. The van der Waals surface area contributed by atoms with Gasteiger partial charge in [0.2, 0.25) is 0 Å². The number of hydrogen-bond acceptors (Lipinski definition) is 0. The number of benzene rings is 1. The first kappa shape index (κ1) is 14.8. The second-order valence-electron chi connectivity index (χ2n) is 3.88. The van der Waals surface area contributed by atoms with Crippen LogP contribution < -0.4 is 0 Å². The van der Waals surface area contributed by atoms with Crippen LogP contribution in [0.4, 0.5) is 26.3 Å². The molecule has 0 saturated heterocycles. The van der Waals surface area contributed by atoms with Crippen molar-refractivity contribution in [3.05, 3.63) is 34.9 Å². The Balaban J connectivity index is 3.08. The van der Waals surface area contributed by atoms with E-state index in [4.69, 9.17) is 0 Å². The fourth-order valence-corrected chi connectivity index (χ4v) is 1.48. The van der Waals surface area contributed by atoms with Crippen LogP contribution in [-0.4, -0.2) is 6.18 Å². The van der Waals surface area contributed by atoms with Crippen molar-refractivity contribution in [1.29, 1.82) is 0 Å². The van der Waals surface area contributed by atoms with E-state index in [-0.39, 0.29) is 5.56 Å². The van der Waals surface area contributed by atoms with E-state index >= 15 is 0 Å². The lowest BCUT2D eigenvalue weighted by Crippen LogP contribution is -2.14. The summed E-state index contributed by atoms with van der Waals surface area (Å²) in [5.41, 5.74) is -1.47. The van der Waals surface area contributed by atoms with Crippen molar-refractivity contribution < 1.29 is 31.4 Å². The summed E-state index contributed by atoms with van der Waals surface area (Å²) in [7, 11) is 0. The summed E-state index contributed by atoms with van der Waals surface area (Å²) in [6.07, 6.45) is -13.3. The van der Waals surface area contributed by atoms with Crippen LogP contribution in [-0.2, 0) is 11.3 Å². The second kappa shape index (κ2) is 4.79. The van der Waals surface area contributed by atoms with Gasteiger partial charge < -0.3 is 0 Å². The van der Waals surface area contributed by atoms with E-state index < -0.39 is 36.0 Å². The van der Waals surface area contributed by atoms with E-state index in [0.29, 0.717) is 6.07 Å². The Labute approximate surface area is 99.0 Å². The molecule has 1 atom stereocenters. The first-order chi connectivity index (χ1) is 8.00. The SMILES string of the molecule is Cc1ccc(C(F)(F)F)cc1C([O])CC(F)(F)F. The van der Waals surface area contributed by atoms with Crippen molar-refractivity contribution in [2.24, 2.45) is 0 Å². The zero-order valence-electron chi connectivity index (χ0n) is 9.19. The molecule has 1 unspecified atom stereocenters. The highest BCUT2D eigenvalue weighted by Gasteiger charge is 2.35. The molecule has 0 fully saturated rings. The summed E-state index contributed by atoms with van der Waals surface area (Å²) in [5.74, 6) is 0. The molecule has 1 rings (SSSR count). The van der Waals surface area contributed by atoms with Crippen molar-refractivity contribution in [1.82, 2.24) is 0 Å². The highest BCUT2D eigenvalue weighted by Crippen LogP contribution is 2.35. The Morgan fingerprint density at radius 1 is 1.11 bits per heavy atom. The van der Waals surface area contributed by atoms with E-state index in [1.807, 2.05) is 0 Å². The van der Waals surface area contributed by atoms with Crippen molar-refractivity contribution in [2.45, 2.75) is 31.8 Å². The van der Waals surface area contributed by atoms with Gasteiger partial charge in [-0.25, -0.2) is 5.11 Å². The van der Waals surface area contributed by atoms with Gasteiger partial charge >= 0.3 is 12.4 Å². The highest BCUT2D eigenvalue weighted by molar-refractivity contribution is 5.34. The van der Waals surface area contributed by atoms with Gasteiger partial charge in [-0.3, -0.25) is 0 Å². The van der Waals surface area contributed by atoms with E-state index in [2.05, 4.69) is 0 Å². The van der Waals surface area contributed by atoms with Gasteiger partial charge in [0.15, 0.2) is 0 Å². The molecule has 0 heterocycles. The second-order valence-corrected chi connectivity index (χ2v) is 3.88. The summed E-state index contributed by atoms with van der Waals surface area (Å²) in [6.45, 7) is 1.30. The highest BCUT2D eigenvalue weighted by atomic mass is 19.4. The predicted octanol–water partition coefficient (Wildman–Crippen LogP) is 4.44. The molecule has 0 aromatic heterocycles. The Hall–Kier alpha value is -1.24. The Kier molecular flexibility index (Phi) is 3.95. The molecule has 0 N–H and O–H groups in total. The molecule has 1 aromatic rings. The third kappa shape index (κ3) is 3.90. The fraction of sp³-hybridized carbons (Fsp3) is 0.455. The van der Waals surface area contributed by atoms with Crippen LogP contribution in [0.2, 0.25) is 0 Å². The van der Waals surface area contributed by atoms with Gasteiger partial charge in [0.1, 0.15) is 6.10 Å². The molecule has 0 bridgehead atoms. The molecule has 1 radical (unpaired) electrons. The molecule has 0 aliphatic heterocycles. The first-order valence-corrected chi connectivity index (χ1v) is 4.91. The van der Waals surface area contributed by atoms with Crippen LogP contribution in [0.1, 0.15) is 29.2 Å². The van der Waals surface area contributed by atoms with Crippen LogP contribution in [0.3, 0.4) is 0 Å². The fourth-order valence-electron chi connectivity index (χ4n) is 1.48. The van der Waals surface area contributed by atoms with Gasteiger partial charge in [-0.2, -0.15) is 26.3 Å². The lowest BCUT2D eigenvalue weighted by atomic mass is 9.98. The summed E-state index contributed by atoms with van der Waals surface area (Å²) < 4.78 is 73.2. The van der Waals surface area contributed by atoms with Gasteiger partial charge in [0, 0.05) is 0 Å². The van der Waals surface area contributed by atoms with Crippen LogP contribution >= 0.6 is 0 Å². The molecule has 7 heteroatoms. The zero-order chi connectivity index (χ0) is 14.1. The maximum absolute atomic E-state index is 12.4. The zero-order valence-corrected chi connectivity index (χ0v) is 9.19. The van der Waals surface area contributed by atoms with Crippen LogP contribution in [0.5, 0.6) is 0 Å². The molecule has 0 aliphatic carbocycles. The quantitative estimate of drug-likeness (QED) is 0.709. The van der Waals surface area contributed by atoms with Crippen molar-refractivity contribution >= 4 is 0 Å². The number of aryl methyl sites for hydroxylation is 1. The van der Waals surface area contributed by atoms with Gasteiger partial charge in [-0.1, -0.05) is 6.07 Å². The first-order valence-electron chi connectivity index (χ1n) is 4.91. The summed E-state index contributed by atoms with van der Waals surface area (Å²) in [6, 6.07) is 2.22. The van der Waals surface area contributed by atoms with E-state index in [1.54, 1.807) is 0 Å². The van der Waals surface area contributed by atoms with E-state index in [1.165, 1.54) is 6.92 Å². The molecule has 1 nitrogen and oxygen atoms in total. The summed E-state index contributed by atoms with van der Waals surface area (Å²) >= 11 is 0. The lowest BCUT2D eigenvalue weighted by Gasteiger charge is -2.16. The van der Waals surface area contributed by atoms with E-state index in [0.717, 1.165) is 12.1 Å². The van der Waals surface area contributed by atoms with E-state index in [9.17, 15) is 31.4 Å². The van der Waals surface area contributed by atoms with Crippen LogP contribution in [0.15, 0.2) is 18.2 Å². The monoisotopic (exact) mass is 271 g/mol. The lowest BCUT2D eigenvalue weighted by molar-refractivity contribution is -0.161. The molecule has 0 aliphatic rings. The number of hydrogen-bond donors (Lipinski definition) is 0. The van der Waals surface area contributed by atoms with Crippen LogP contribution in [0.25, 0.3) is 0 Å². The molecule has 18 heavy (non-hydrogen) atoms. The number of rotatable bonds is 2. The van der Waals surface area contributed by atoms with Crippen LogP contribution in [0, 0.1) is 6.92 Å². The average molecular weight is 271 g/mol. The largest absolute Gasteiger partial charge is 0.416 e. The topological polar surface area (TPSA) is 19.9 Å². The van der Waals surface area contributed by atoms with Crippen molar-refractivity contribution in [2.75, 3.05) is 0 Å². The number of halogens is 6. The van der Waals surface area contributed by atoms with Gasteiger partial charge in [0.25, 0.3) is 0 Å². The molecule has 0 amide bonds. The third-order valence-corrected chi connectivity index (χ3v) is 2.37. The molecule has 101 valence electrons. The maximum atomic E-state index is 12.4. The predicted molar refractivity (Wildman–Crippen MR) is 50.3 cm³/mol. The molecule has 0 spiro atoms. The third-order valence-electron chi connectivity index (χ3n) is 2.37. The minimum atomic E-state index is -4.70.